The monoisotopic (exact) mass is 697 g/mol. The summed E-state index contributed by atoms with van der Waals surface area (Å²) in [5.41, 5.74) is 9.27. The Morgan fingerprint density at radius 1 is 0.514 bits per heavy atom. The van der Waals surface area contributed by atoms with Gasteiger partial charge in [0.25, 0.3) is 0 Å². The first kappa shape index (κ1) is 33.6. The predicted molar refractivity (Wildman–Crippen MR) is 136 cm³/mol. The van der Waals surface area contributed by atoms with Crippen molar-refractivity contribution < 1.29 is 98.1 Å². The molecule has 4 heteroatoms. The molecule has 0 amide bonds. The van der Waals surface area contributed by atoms with E-state index in [-0.39, 0.29) is 98.1 Å². The SMILES string of the molecule is CC1=C[C-]=C(C2=[C-]C=C(P)C2)C1.[C-]1=C(C2=[C-]C=CC2)CC=C1.[C-]1=C(C2=[C-]C=CC2)CC=C1.[Y].[Y].[Y]. The first-order valence-electron chi connectivity index (χ1n) is 11.1. The quantitative estimate of drug-likeness (QED) is 0.210. The van der Waals surface area contributed by atoms with Crippen LogP contribution in [0.4, 0.5) is 0 Å². The minimum atomic E-state index is 0. The first-order chi connectivity index (χ1) is 15.7. The van der Waals surface area contributed by atoms with Crippen LogP contribution in [0.2, 0.25) is 0 Å². The molecule has 0 aromatic rings. The number of hydrogen-bond acceptors (Lipinski definition) is 0. The van der Waals surface area contributed by atoms with Crippen molar-refractivity contribution in [1.82, 2.24) is 0 Å². The molecule has 0 bridgehead atoms. The standard InChI is InChI=1S/C11H11P.2C10H8.3Y/c1-8-2-3-9(6-8)10-4-5-11(12)7-10;2*1-2-6-9(5-1)10-7-3-4-8-10;;;/h2,5H,6-7,12H2,1H3;2*1-4H,5,7H2;;;/q3*-2;;;. The van der Waals surface area contributed by atoms with Gasteiger partial charge in [0.05, 0.1) is 0 Å². The van der Waals surface area contributed by atoms with Crippen molar-refractivity contribution >= 4 is 9.24 Å². The van der Waals surface area contributed by atoms with Crippen LogP contribution < -0.4 is 0 Å². The van der Waals surface area contributed by atoms with Crippen molar-refractivity contribution in [3.05, 3.63) is 142 Å². The smallest absolute Gasteiger partial charge is 0 e. The van der Waals surface area contributed by atoms with Gasteiger partial charge in [-0.05, 0) is 0 Å². The molecule has 1 atom stereocenters. The fraction of sp³-hybridized carbons (Fsp3) is 0.226. The zero-order chi connectivity index (χ0) is 22.2. The Labute approximate surface area is 290 Å². The Hall–Kier alpha value is 0.622. The van der Waals surface area contributed by atoms with Gasteiger partial charge in [-0.3, -0.25) is 33.4 Å². The molecule has 6 aliphatic carbocycles. The zero-order valence-electron chi connectivity index (χ0n) is 20.3. The average molecular weight is 697 g/mol. The van der Waals surface area contributed by atoms with E-state index in [2.05, 4.69) is 83.0 Å². The van der Waals surface area contributed by atoms with Crippen LogP contribution in [-0.4, -0.2) is 0 Å². The van der Waals surface area contributed by atoms with E-state index in [1.165, 1.54) is 44.3 Å². The van der Waals surface area contributed by atoms with Crippen molar-refractivity contribution in [3.63, 3.8) is 0 Å². The second kappa shape index (κ2) is 18.0. The fourth-order valence-corrected chi connectivity index (χ4v) is 4.17. The van der Waals surface area contributed by atoms with E-state index in [0.29, 0.717) is 0 Å². The van der Waals surface area contributed by atoms with Gasteiger partial charge >= 0.3 is 0 Å². The third kappa shape index (κ3) is 10.7. The van der Waals surface area contributed by atoms with Crippen LogP contribution in [-0.2, 0) is 98.1 Å². The van der Waals surface area contributed by atoms with Gasteiger partial charge in [-0.25, -0.2) is 36.5 Å². The molecule has 0 fully saturated rings. The van der Waals surface area contributed by atoms with Crippen molar-refractivity contribution in [2.75, 3.05) is 0 Å². The fourth-order valence-electron chi connectivity index (χ4n) is 3.89. The Balaban J connectivity index is 0.000000253. The van der Waals surface area contributed by atoms with Crippen molar-refractivity contribution in [1.29, 1.82) is 0 Å². The van der Waals surface area contributed by atoms with Crippen LogP contribution >= 0.6 is 9.24 Å². The van der Waals surface area contributed by atoms with Gasteiger partial charge in [-0.2, -0.15) is 80.9 Å². The third-order valence-corrected chi connectivity index (χ3v) is 6.01. The topological polar surface area (TPSA) is 0 Å². The summed E-state index contributed by atoms with van der Waals surface area (Å²) in [6, 6.07) is 0. The van der Waals surface area contributed by atoms with Crippen LogP contribution in [0.25, 0.3) is 0 Å². The van der Waals surface area contributed by atoms with E-state index in [1.807, 2.05) is 30.4 Å². The Morgan fingerprint density at radius 2 is 0.886 bits per heavy atom. The van der Waals surface area contributed by atoms with Crippen LogP contribution in [0, 0.1) is 36.5 Å². The van der Waals surface area contributed by atoms with Crippen LogP contribution in [0.5, 0.6) is 0 Å². The molecule has 0 aromatic carbocycles. The summed E-state index contributed by atoms with van der Waals surface area (Å²) in [5.74, 6) is 0. The minimum Gasteiger partial charge on any atom is -0.264 e. The molecule has 0 N–H and O–H groups in total. The van der Waals surface area contributed by atoms with E-state index in [4.69, 9.17) is 0 Å². The number of rotatable bonds is 3. The molecule has 0 saturated carbocycles. The second-order valence-electron chi connectivity index (χ2n) is 8.23. The van der Waals surface area contributed by atoms with Gasteiger partial charge in [-0.15, -0.1) is 38.5 Å². The maximum Gasteiger partial charge on any atom is 0 e. The molecule has 0 aromatic heterocycles. The van der Waals surface area contributed by atoms with Crippen LogP contribution in [0.15, 0.2) is 105 Å². The molecule has 0 heterocycles. The van der Waals surface area contributed by atoms with E-state index in [1.54, 1.807) is 0 Å². The molecule has 0 nitrogen and oxygen atoms in total. The van der Waals surface area contributed by atoms with Gasteiger partial charge < -0.3 is 0 Å². The largest absolute Gasteiger partial charge is 0.264 e. The van der Waals surface area contributed by atoms with Gasteiger partial charge in [0.1, 0.15) is 0 Å². The van der Waals surface area contributed by atoms with E-state index >= 15 is 0 Å². The Morgan fingerprint density at radius 3 is 1.14 bits per heavy atom. The summed E-state index contributed by atoms with van der Waals surface area (Å²) in [7, 11) is 2.73. The molecule has 6 rings (SSSR count). The third-order valence-electron chi connectivity index (χ3n) is 5.64. The minimum absolute atomic E-state index is 0. The van der Waals surface area contributed by atoms with Crippen LogP contribution in [0.1, 0.15) is 45.4 Å². The second-order valence-corrected chi connectivity index (χ2v) is 8.97. The normalized spacial score (nSPS) is 19.8. The van der Waals surface area contributed by atoms with Gasteiger partial charge in [0.2, 0.25) is 0 Å². The molecule has 171 valence electrons. The summed E-state index contributed by atoms with van der Waals surface area (Å²) in [6.07, 6.45) is 46.2. The van der Waals surface area contributed by atoms with E-state index < -0.39 is 0 Å². The molecule has 1 unspecified atom stereocenters. The first-order valence-corrected chi connectivity index (χ1v) is 11.7. The molecular formula is C31H27PY3-6. The molecule has 3 radical (unpaired) electrons. The van der Waals surface area contributed by atoms with Gasteiger partial charge in [0.15, 0.2) is 0 Å². The van der Waals surface area contributed by atoms with Crippen molar-refractivity contribution in [3.8, 4) is 0 Å². The molecule has 0 saturated heterocycles. The molecular weight excluding hydrogens is 670 g/mol. The average Bonchev–Trinajstić information content (AvgIpc) is 3.62. The molecule has 35 heavy (non-hydrogen) atoms. The maximum absolute atomic E-state index is 3.28. The van der Waals surface area contributed by atoms with Gasteiger partial charge in [0, 0.05) is 98.1 Å². The van der Waals surface area contributed by atoms with Crippen molar-refractivity contribution in [2.45, 2.75) is 45.4 Å². The maximum atomic E-state index is 3.28. The molecule has 0 spiro atoms. The number of allylic oxidation sites excluding steroid dienone is 24. The summed E-state index contributed by atoms with van der Waals surface area (Å²) in [4.78, 5) is 0. The van der Waals surface area contributed by atoms with E-state index in [9.17, 15) is 0 Å². The van der Waals surface area contributed by atoms with Crippen LogP contribution in [0.3, 0.4) is 0 Å². The Kier molecular flexibility index (Phi) is 17.3. The van der Waals surface area contributed by atoms with Crippen molar-refractivity contribution in [2.24, 2.45) is 0 Å². The summed E-state index contributed by atoms with van der Waals surface area (Å²) >= 11 is 0. The summed E-state index contributed by atoms with van der Waals surface area (Å²) in [6.45, 7) is 2.14. The Bertz CT molecular complexity index is 980. The number of hydrogen-bond donors (Lipinski definition) is 0. The summed E-state index contributed by atoms with van der Waals surface area (Å²) in [5, 5.41) is 1.32. The summed E-state index contributed by atoms with van der Waals surface area (Å²) < 4.78 is 0. The van der Waals surface area contributed by atoms with Gasteiger partial charge in [-0.1, -0.05) is 6.92 Å². The zero-order valence-corrected chi connectivity index (χ0v) is 30.0. The van der Waals surface area contributed by atoms with E-state index in [0.717, 1.165) is 38.5 Å². The molecule has 0 aliphatic heterocycles. The molecule has 6 aliphatic rings. The predicted octanol–water partition coefficient (Wildman–Crippen LogP) is 7.68.